The zero-order valence-electron chi connectivity index (χ0n) is 16.4. The summed E-state index contributed by atoms with van der Waals surface area (Å²) in [4.78, 5) is 16.1. The second-order valence-corrected chi connectivity index (χ2v) is 7.07. The zero-order chi connectivity index (χ0) is 20.6. The minimum Gasteiger partial charge on any atom is -0.357 e. The quantitative estimate of drug-likeness (QED) is 0.340. The van der Waals surface area contributed by atoms with Crippen molar-refractivity contribution in [3.05, 3.63) is 35.4 Å². The molecule has 0 radical (unpaired) electrons. The van der Waals surface area contributed by atoms with Crippen LogP contribution < -0.4 is 16.0 Å². The van der Waals surface area contributed by atoms with Gasteiger partial charge in [0, 0.05) is 32.1 Å². The van der Waals surface area contributed by atoms with Gasteiger partial charge in [-0.15, -0.1) is 0 Å². The lowest BCUT2D eigenvalue weighted by molar-refractivity contribution is -0.137. The van der Waals surface area contributed by atoms with E-state index in [0.29, 0.717) is 44.1 Å². The summed E-state index contributed by atoms with van der Waals surface area (Å²) < 4.78 is 38.6. The van der Waals surface area contributed by atoms with Gasteiger partial charge in [0.1, 0.15) is 0 Å². The van der Waals surface area contributed by atoms with Crippen molar-refractivity contribution < 1.29 is 18.0 Å². The standard InChI is InChI=1S/C20H29F3N4O/c1-3-24-19(27-12-11-25-18(28)15-7-8-15)26-10-9-14(2)16-5-4-6-17(13-16)20(21,22)23/h4-6,13-15H,3,7-12H2,1-2H3,(H,25,28)(H2,24,26,27). The predicted molar refractivity (Wildman–Crippen MR) is 104 cm³/mol. The molecule has 28 heavy (non-hydrogen) atoms. The molecular weight excluding hydrogens is 369 g/mol. The Balaban J connectivity index is 1.79. The third kappa shape index (κ3) is 7.40. The molecule has 0 spiro atoms. The number of nitrogens with one attached hydrogen (secondary N) is 3. The lowest BCUT2D eigenvalue weighted by Gasteiger charge is -2.15. The maximum absolute atomic E-state index is 12.9. The van der Waals surface area contributed by atoms with Crippen LogP contribution >= 0.6 is 0 Å². The number of carbonyl (C=O) groups excluding carboxylic acids is 1. The first-order valence-corrected chi connectivity index (χ1v) is 9.78. The maximum Gasteiger partial charge on any atom is 0.416 e. The Labute approximate surface area is 164 Å². The first-order valence-electron chi connectivity index (χ1n) is 9.78. The number of amides is 1. The van der Waals surface area contributed by atoms with Crippen LogP contribution in [0.4, 0.5) is 13.2 Å². The van der Waals surface area contributed by atoms with E-state index < -0.39 is 11.7 Å². The molecule has 2 rings (SSSR count). The van der Waals surface area contributed by atoms with Gasteiger partial charge in [-0.3, -0.25) is 9.79 Å². The minimum atomic E-state index is -4.33. The Hall–Kier alpha value is -2.25. The average molecular weight is 398 g/mol. The number of rotatable bonds is 9. The number of hydrogen-bond donors (Lipinski definition) is 3. The van der Waals surface area contributed by atoms with Crippen molar-refractivity contribution in [2.75, 3.05) is 26.2 Å². The van der Waals surface area contributed by atoms with E-state index in [-0.39, 0.29) is 17.7 Å². The average Bonchev–Trinajstić information content (AvgIpc) is 3.49. The Morgan fingerprint density at radius 3 is 2.57 bits per heavy atom. The second kappa shape index (κ2) is 10.3. The van der Waals surface area contributed by atoms with Crippen LogP contribution in [0.5, 0.6) is 0 Å². The van der Waals surface area contributed by atoms with Crippen molar-refractivity contribution in [3.8, 4) is 0 Å². The van der Waals surface area contributed by atoms with Gasteiger partial charge in [0.25, 0.3) is 0 Å². The molecule has 156 valence electrons. The molecule has 5 nitrogen and oxygen atoms in total. The minimum absolute atomic E-state index is 0.0354. The van der Waals surface area contributed by atoms with Crippen molar-refractivity contribution in [1.82, 2.24) is 16.0 Å². The SMILES string of the molecule is CCNC(=NCCC(C)c1cccc(C(F)(F)F)c1)NCCNC(=O)C1CC1. The van der Waals surface area contributed by atoms with E-state index in [9.17, 15) is 18.0 Å². The fourth-order valence-electron chi connectivity index (χ4n) is 2.76. The number of hydrogen-bond acceptors (Lipinski definition) is 2. The van der Waals surface area contributed by atoms with E-state index in [0.717, 1.165) is 18.9 Å². The molecule has 0 aliphatic heterocycles. The lowest BCUT2D eigenvalue weighted by Crippen LogP contribution is -2.41. The van der Waals surface area contributed by atoms with Crippen molar-refractivity contribution >= 4 is 11.9 Å². The normalized spacial score (nSPS) is 15.8. The number of nitrogens with zero attached hydrogens (tertiary/aromatic N) is 1. The Morgan fingerprint density at radius 2 is 1.93 bits per heavy atom. The summed E-state index contributed by atoms with van der Waals surface area (Å²) in [6.45, 7) is 6.13. The van der Waals surface area contributed by atoms with E-state index in [1.165, 1.54) is 12.1 Å². The summed E-state index contributed by atoms with van der Waals surface area (Å²) in [6, 6.07) is 5.46. The van der Waals surface area contributed by atoms with Gasteiger partial charge in [0.2, 0.25) is 5.91 Å². The number of benzene rings is 1. The zero-order valence-corrected chi connectivity index (χ0v) is 16.4. The number of aliphatic imine (C=N–C) groups is 1. The van der Waals surface area contributed by atoms with E-state index in [1.54, 1.807) is 6.07 Å². The van der Waals surface area contributed by atoms with Gasteiger partial charge >= 0.3 is 6.18 Å². The summed E-state index contributed by atoms with van der Waals surface area (Å²) in [7, 11) is 0. The van der Waals surface area contributed by atoms with Crippen LogP contribution in [0.15, 0.2) is 29.3 Å². The summed E-state index contributed by atoms with van der Waals surface area (Å²) >= 11 is 0. The van der Waals surface area contributed by atoms with Gasteiger partial charge in [0.05, 0.1) is 5.56 Å². The van der Waals surface area contributed by atoms with E-state index in [1.807, 2.05) is 13.8 Å². The van der Waals surface area contributed by atoms with E-state index >= 15 is 0 Å². The topological polar surface area (TPSA) is 65.5 Å². The first-order chi connectivity index (χ1) is 13.3. The predicted octanol–water partition coefficient (Wildman–Crippen LogP) is 3.28. The summed E-state index contributed by atoms with van der Waals surface area (Å²) in [5.74, 6) is 0.907. The Morgan fingerprint density at radius 1 is 1.21 bits per heavy atom. The first kappa shape index (κ1) is 22.0. The highest BCUT2D eigenvalue weighted by molar-refractivity contribution is 5.81. The molecule has 1 unspecified atom stereocenters. The summed E-state index contributed by atoms with van der Waals surface area (Å²) in [5, 5.41) is 9.16. The molecule has 1 fully saturated rings. The third-order valence-corrected chi connectivity index (χ3v) is 4.62. The van der Waals surface area contributed by atoms with Crippen molar-refractivity contribution in [2.45, 2.75) is 45.2 Å². The highest BCUT2D eigenvalue weighted by Crippen LogP contribution is 2.31. The number of guanidine groups is 1. The molecule has 0 heterocycles. The summed E-state index contributed by atoms with van der Waals surface area (Å²) in [6.07, 6.45) is -1.73. The molecule has 0 bridgehead atoms. The molecule has 1 atom stereocenters. The van der Waals surface area contributed by atoms with Crippen LogP contribution in [-0.4, -0.2) is 38.0 Å². The van der Waals surface area contributed by atoms with Crippen LogP contribution in [-0.2, 0) is 11.0 Å². The number of carbonyl (C=O) groups is 1. The van der Waals surface area contributed by atoms with Crippen LogP contribution in [0, 0.1) is 5.92 Å². The molecule has 3 N–H and O–H groups in total. The summed E-state index contributed by atoms with van der Waals surface area (Å²) in [5.41, 5.74) is 0.0365. The van der Waals surface area contributed by atoms with E-state index in [4.69, 9.17) is 0 Å². The lowest BCUT2D eigenvalue weighted by atomic mass is 9.96. The molecule has 0 saturated heterocycles. The van der Waals surface area contributed by atoms with Crippen molar-refractivity contribution in [2.24, 2.45) is 10.9 Å². The molecule has 1 amide bonds. The van der Waals surface area contributed by atoms with Crippen LogP contribution in [0.3, 0.4) is 0 Å². The molecule has 1 aromatic rings. The van der Waals surface area contributed by atoms with Gasteiger partial charge in [0.15, 0.2) is 5.96 Å². The van der Waals surface area contributed by atoms with Gasteiger partial charge in [-0.2, -0.15) is 13.2 Å². The smallest absolute Gasteiger partial charge is 0.357 e. The van der Waals surface area contributed by atoms with Gasteiger partial charge in [-0.05, 0) is 43.7 Å². The molecule has 1 saturated carbocycles. The Bertz CT molecular complexity index is 672. The second-order valence-electron chi connectivity index (χ2n) is 7.07. The monoisotopic (exact) mass is 398 g/mol. The highest BCUT2D eigenvalue weighted by atomic mass is 19.4. The fourth-order valence-corrected chi connectivity index (χ4v) is 2.76. The molecule has 8 heteroatoms. The molecule has 1 aromatic carbocycles. The van der Waals surface area contributed by atoms with Gasteiger partial charge in [-0.1, -0.05) is 25.1 Å². The molecular formula is C20H29F3N4O. The number of alkyl halides is 3. The van der Waals surface area contributed by atoms with Gasteiger partial charge in [-0.25, -0.2) is 0 Å². The fraction of sp³-hybridized carbons (Fsp3) is 0.600. The maximum atomic E-state index is 12.9. The molecule has 0 aromatic heterocycles. The van der Waals surface area contributed by atoms with Crippen LogP contribution in [0.25, 0.3) is 0 Å². The van der Waals surface area contributed by atoms with Crippen molar-refractivity contribution in [1.29, 1.82) is 0 Å². The van der Waals surface area contributed by atoms with Crippen LogP contribution in [0.2, 0.25) is 0 Å². The van der Waals surface area contributed by atoms with E-state index in [2.05, 4.69) is 20.9 Å². The third-order valence-electron chi connectivity index (χ3n) is 4.62. The van der Waals surface area contributed by atoms with Crippen molar-refractivity contribution in [3.63, 3.8) is 0 Å². The molecule has 1 aliphatic rings. The largest absolute Gasteiger partial charge is 0.416 e. The van der Waals surface area contributed by atoms with Gasteiger partial charge < -0.3 is 16.0 Å². The van der Waals surface area contributed by atoms with Crippen LogP contribution in [0.1, 0.15) is 50.2 Å². The molecule has 1 aliphatic carbocycles. The highest BCUT2D eigenvalue weighted by Gasteiger charge is 2.30. The Kier molecular flexibility index (Phi) is 8.14. The number of halogens is 3.